The van der Waals surface area contributed by atoms with E-state index in [1.54, 1.807) is 0 Å². The van der Waals surface area contributed by atoms with E-state index < -0.39 is 0 Å². The maximum atomic E-state index is 6.00. The number of ether oxygens (including phenoxy) is 1. The van der Waals surface area contributed by atoms with Gasteiger partial charge in [-0.05, 0) is 30.2 Å². The molecule has 0 saturated heterocycles. The molecule has 0 aliphatic carbocycles. The molecule has 2 heteroatoms. The molecule has 0 amide bonds. The van der Waals surface area contributed by atoms with E-state index in [9.17, 15) is 0 Å². The molecule has 0 N–H and O–H groups in total. The normalized spacial score (nSPS) is 10.6. The van der Waals surface area contributed by atoms with Crippen molar-refractivity contribution >= 4 is 11.6 Å². The van der Waals surface area contributed by atoms with E-state index in [0.29, 0.717) is 0 Å². The van der Waals surface area contributed by atoms with Crippen molar-refractivity contribution in [1.29, 1.82) is 0 Å². The van der Waals surface area contributed by atoms with Gasteiger partial charge in [-0.1, -0.05) is 81.0 Å². The van der Waals surface area contributed by atoms with E-state index >= 15 is 0 Å². The van der Waals surface area contributed by atoms with Gasteiger partial charge in [0.15, 0.2) is 0 Å². The predicted molar refractivity (Wildman–Crippen MR) is 95.8 cm³/mol. The van der Waals surface area contributed by atoms with Gasteiger partial charge in [-0.15, -0.1) is 0 Å². The van der Waals surface area contributed by atoms with Gasteiger partial charge >= 0.3 is 0 Å². The second-order valence-corrected chi connectivity index (χ2v) is 6.06. The Morgan fingerprint density at radius 3 is 2.27 bits per heavy atom. The van der Waals surface area contributed by atoms with Crippen molar-refractivity contribution in [2.24, 2.45) is 0 Å². The third-order valence-electron chi connectivity index (χ3n) is 3.80. The van der Waals surface area contributed by atoms with E-state index in [4.69, 9.17) is 16.3 Å². The van der Waals surface area contributed by atoms with Crippen molar-refractivity contribution in [3.05, 3.63) is 53.6 Å². The van der Waals surface area contributed by atoms with Crippen LogP contribution in [0.15, 0.2) is 48.5 Å². The fourth-order valence-corrected chi connectivity index (χ4v) is 2.65. The minimum Gasteiger partial charge on any atom is -0.493 e. The van der Waals surface area contributed by atoms with Crippen LogP contribution in [0.3, 0.4) is 0 Å². The Bertz CT molecular complexity index is 548. The van der Waals surface area contributed by atoms with Gasteiger partial charge in [0, 0.05) is 10.6 Å². The highest BCUT2D eigenvalue weighted by atomic mass is 35.5. The number of hydrogen-bond donors (Lipinski definition) is 0. The van der Waals surface area contributed by atoms with Crippen molar-refractivity contribution in [3.63, 3.8) is 0 Å². The Labute approximate surface area is 139 Å². The lowest BCUT2D eigenvalue weighted by atomic mass is 10.0. The van der Waals surface area contributed by atoms with Crippen LogP contribution in [0.2, 0.25) is 5.02 Å². The zero-order chi connectivity index (χ0) is 15.6. The van der Waals surface area contributed by atoms with Crippen LogP contribution in [0.25, 0.3) is 11.1 Å². The largest absolute Gasteiger partial charge is 0.493 e. The van der Waals surface area contributed by atoms with Gasteiger partial charge in [0.2, 0.25) is 0 Å². The summed E-state index contributed by atoms with van der Waals surface area (Å²) in [5.74, 6) is 0.957. The van der Waals surface area contributed by atoms with Crippen molar-refractivity contribution in [2.45, 2.75) is 45.4 Å². The van der Waals surface area contributed by atoms with Crippen molar-refractivity contribution in [3.8, 4) is 16.9 Å². The Kier molecular flexibility index (Phi) is 7.32. The summed E-state index contributed by atoms with van der Waals surface area (Å²) < 4.78 is 6.00. The summed E-state index contributed by atoms with van der Waals surface area (Å²) in [5, 5.41) is 0.759. The molecule has 0 heterocycles. The summed E-state index contributed by atoms with van der Waals surface area (Å²) >= 11 is 5.96. The first-order valence-corrected chi connectivity index (χ1v) is 8.67. The zero-order valence-electron chi connectivity index (χ0n) is 13.4. The lowest BCUT2D eigenvalue weighted by Crippen LogP contribution is -1.98. The SMILES string of the molecule is CCCCCCCCOc1ccccc1-c1ccc(Cl)cc1. The van der Waals surface area contributed by atoms with Crippen molar-refractivity contribution in [2.75, 3.05) is 6.61 Å². The molecule has 1 nitrogen and oxygen atoms in total. The zero-order valence-corrected chi connectivity index (χ0v) is 14.1. The second kappa shape index (κ2) is 9.53. The number of benzene rings is 2. The number of para-hydroxylation sites is 1. The highest BCUT2D eigenvalue weighted by molar-refractivity contribution is 6.30. The van der Waals surface area contributed by atoms with Gasteiger partial charge in [0.1, 0.15) is 5.75 Å². The minimum atomic E-state index is 0.759. The molecule has 0 unspecified atom stereocenters. The average molecular weight is 317 g/mol. The highest BCUT2D eigenvalue weighted by Gasteiger charge is 2.05. The van der Waals surface area contributed by atoms with Gasteiger partial charge in [-0.25, -0.2) is 0 Å². The third-order valence-corrected chi connectivity index (χ3v) is 4.05. The molecule has 0 saturated carbocycles. The Balaban J connectivity index is 1.88. The van der Waals surface area contributed by atoms with Crippen LogP contribution in [0.1, 0.15) is 45.4 Å². The molecule has 0 atom stereocenters. The Morgan fingerprint density at radius 2 is 1.50 bits per heavy atom. The summed E-state index contributed by atoms with van der Waals surface area (Å²) in [5.41, 5.74) is 2.27. The Hall–Kier alpha value is -1.47. The van der Waals surface area contributed by atoms with E-state index in [1.807, 2.05) is 42.5 Å². The fraction of sp³-hybridized carbons (Fsp3) is 0.400. The van der Waals surface area contributed by atoms with E-state index in [-0.39, 0.29) is 0 Å². The van der Waals surface area contributed by atoms with Crippen LogP contribution in [0.4, 0.5) is 0 Å². The predicted octanol–water partition coefficient (Wildman–Crippen LogP) is 6.75. The topological polar surface area (TPSA) is 9.23 Å². The summed E-state index contributed by atoms with van der Waals surface area (Å²) in [7, 11) is 0. The lowest BCUT2D eigenvalue weighted by molar-refractivity contribution is 0.305. The molecule has 0 spiro atoms. The summed E-state index contributed by atoms with van der Waals surface area (Å²) in [6.07, 6.45) is 7.68. The fourth-order valence-electron chi connectivity index (χ4n) is 2.52. The quantitative estimate of drug-likeness (QED) is 0.465. The van der Waals surface area contributed by atoms with Gasteiger partial charge in [-0.3, -0.25) is 0 Å². The van der Waals surface area contributed by atoms with Crippen molar-refractivity contribution < 1.29 is 4.74 Å². The molecule has 0 bridgehead atoms. The standard InChI is InChI=1S/C20H25ClO/c1-2-3-4-5-6-9-16-22-20-11-8-7-10-19(20)17-12-14-18(21)15-13-17/h7-8,10-15H,2-6,9,16H2,1H3. The molecule has 0 aliphatic heterocycles. The molecule has 0 aromatic heterocycles. The first-order chi connectivity index (χ1) is 10.8. The average Bonchev–Trinajstić information content (AvgIpc) is 2.55. The van der Waals surface area contributed by atoms with Gasteiger partial charge in [0.05, 0.1) is 6.61 Å². The van der Waals surface area contributed by atoms with Crippen LogP contribution in [-0.4, -0.2) is 6.61 Å². The van der Waals surface area contributed by atoms with Crippen LogP contribution >= 0.6 is 11.6 Å². The van der Waals surface area contributed by atoms with E-state index in [0.717, 1.165) is 34.9 Å². The monoisotopic (exact) mass is 316 g/mol. The Morgan fingerprint density at radius 1 is 0.818 bits per heavy atom. The smallest absolute Gasteiger partial charge is 0.127 e. The number of halogens is 1. The molecule has 0 radical (unpaired) electrons. The maximum Gasteiger partial charge on any atom is 0.127 e. The molecule has 0 aliphatic rings. The molecule has 0 fully saturated rings. The summed E-state index contributed by atoms with van der Waals surface area (Å²) in [4.78, 5) is 0. The summed E-state index contributed by atoms with van der Waals surface area (Å²) in [6.45, 7) is 3.04. The van der Waals surface area contributed by atoms with Gasteiger partial charge in [-0.2, -0.15) is 0 Å². The van der Waals surface area contributed by atoms with Crippen LogP contribution < -0.4 is 4.74 Å². The van der Waals surface area contributed by atoms with E-state index in [2.05, 4.69) is 13.0 Å². The van der Waals surface area contributed by atoms with E-state index in [1.165, 1.54) is 32.1 Å². The van der Waals surface area contributed by atoms with Crippen molar-refractivity contribution in [1.82, 2.24) is 0 Å². The molecule has 2 aromatic rings. The molecular formula is C20H25ClO. The number of hydrogen-bond acceptors (Lipinski definition) is 1. The lowest BCUT2D eigenvalue weighted by Gasteiger charge is -2.11. The highest BCUT2D eigenvalue weighted by Crippen LogP contribution is 2.30. The first kappa shape index (κ1) is 16.9. The maximum absolute atomic E-state index is 6.00. The second-order valence-electron chi connectivity index (χ2n) is 5.62. The number of unbranched alkanes of at least 4 members (excludes halogenated alkanes) is 5. The van der Waals surface area contributed by atoms with Crippen LogP contribution in [0.5, 0.6) is 5.75 Å². The molecular weight excluding hydrogens is 292 g/mol. The van der Waals surface area contributed by atoms with Gasteiger partial charge < -0.3 is 4.74 Å². The van der Waals surface area contributed by atoms with Crippen LogP contribution in [0, 0.1) is 0 Å². The minimum absolute atomic E-state index is 0.759. The first-order valence-electron chi connectivity index (χ1n) is 8.29. The summed E-state index contributed by atoms with van der Waals surface area (Å²) in [6, 6.07) is 16.1. The molecule has 2 aromatic carbocycles. The molecule has 2 rings (SSSR count). The molecule has 118 valence electrons. The number of rotatable bonds is 9. The van der Waals surface area contributed by atoms with Crippen LogP contribution in [-0.2, 0) is 0 Å². The third kappa shape index (κ3) is 5.38. The molecule has 22 heavy (non-hydrogen) atoms. The van der Waals surface area contributed by atoms with Gasteiger partial charge in [0.25, 0.3) is 0 Å².